The Morgan fingerprint density at radius 1 is 1.38 bits per heavy atom. The molecule has 1 heterocycles. The van der Waals surface area contributed by atoms with E-state index < -0.39 is 0 Å². The number of allylic oxidation sites excluding steroid dienone is 5. The van der Waals surface area contributed by atoms with Crippen LogP contribution in [0.4, 0.5) is 0 Å². The highest BCUT2D eigenvalue weighted by atomic mass is 32.1. The lowest BCUT2D eigenvalue weighted by atomic mass is 10.1. The third kappa shape index (κ3) is 5.08. The normalized spacial score (nSPS) is 11.2. The highest BCUT2D eigenvalue weighted by molar-refractivity contribution is 7.09. The van der Waals surface area contributed by atoms with E-state index in [-0.39, 0.29) is 0 Å². The van der Waals surface area contributed by atoms with Crippen molar-refractivity contribution in [2.24, 2.45) is 0 Å². The van der Waals surface area contributed by atoms with Gasteiger partial charge in [-0.25, -0.2) is 4.98 Å². The second-order valence-corrected chi connectivity index (χ2v) is 4.24. The Hall–Kier alpha value is -1.15. The molecule has 0 atom stereocenters. The van der Waals surface area contributed by atoms with Crippen LogP contribution in [0.3, 0.4) is 0 Å². The molecule has 0 aliphatic carbocycles. The van der Waals surface area contributed by atoms with Crippen LogP contribution in [-0.4, -0.2) is 4.98 Å². The number of hydrogen-bond acceptors (Lipinski definition) is 2. The van der Waals surface area contributed by atoms with Gasteiger partial charge < -0.3 is 0 Å². The lowest BCUT2D eigenvalue weighted by Gasteiger charge is -1.95. The Kier molecular flexibility index (Phi) is 7.48. The summed E-state index contributed by atoms with van der Waals surface area (Å²) < 4.78 is 0. The summed E-state index contributed by atoms with van der Waals surface area (Å²) in [6.07, 6.45) is 6.12. The van der Waals surface area contributed by atoms with E-state index in [0.29, 0.717) is 0 Å². The second kappa shape index (κ2) is 8.05. The summed E-state index contributed by atoms with van der Waals surface area (Å²) in [6.45, 7) is 13.8. The molecule has 2 heteroatoms. The average molecular weight is 235 g/mol. The number of aromatic nitrogens is 1. The van der Waals surface area contributed by atoms with Crippen LogP contribution >= 0.6 is 11.3 Å². The summed E-state index contributed by atoms with van der Waals surface area (Å²) in [7, 11) is 0. The SMILES string of the molecule is C=C(C)/C=C\C(=C/C)c1csc(C)n1.CC. The van der Waals surface area contributed by atoms with Gasteiger partial charge in [0.1, 0.15) is 0 Å². The molecule has 0 aliphatic rings. The van der Waals surface area contributed by atoms with Crippen LogP contribution in [0.1, 0.15) is 38.4 Å². The molecule has 0 N–H and O–H groups in total. The van der Waals surface area contributed by atoms with E-state index in [4.69, 9.17) is 0 Å². The van der Waals surface area contributed by atoms with E-state index in [0.717, 1.165) is 21.8 Å². The Morgan fingerprint density at radius 2 is 2.00 bits per heavy atom. The Balaban J connectivity index is 0.00000106. The molecule has 1 aromatic heterocycles. The molecule has 0 unspecified atom stereocenters. The topological polar surface area (TPSA) is 12.9 Å². The fourth-order valence-corrected chi connectivity index (χ4v) is 1.68. The summed E-state index contributed by atoms with van der Waals surface area (Å²) in [5.74, 6) is 0. The first-order valence-corrected chi connectivity index (χ1v) is 6.44. The Labute approximate surface area is 103 Å². The van der Waals surface area contributed by atoms with Crippen molar-refractivity contribution in [2.75, 3.05) is 0 Å². The van der Waals surface area contributed by atoms with E-state index >= 15 is 0 Å². The molecule has 0 bridgehead atoms. The van der Waals surface area contributed by atoms with E-state index in [9.17, 15) is 0 Å². The van der Waals surface area contributed by atoms with Crippen molar-refractivity contribution in [3.05, 3.63) is 46.5 Å². The van der Waals surface area contributed by atoms with Crippen molar-refractivity contribution in [1.29, 1.82) is 0 Å². The van der Waals surface area contributed by atoms with Gasteiger partial charge in [-0.1, -0.05) is 44.2 Å². The monoisotopic (exact) mass is 235 g/mol. The molecule has 0 aliphatic heterocycles. The van der Waals surface area contributed by atoms with Gasteiger partial charge in [0, 0.05) is 5.38 Å². The molecule has 1 nitrogen and oxygen atoms in total. The van der Waals surface area contributed by atoms with Crippen molar-refractivity contribution in [2.45, 2.75) is 34.6 Å². The van der Waals surface area contributed by atoms with Crippen molar-refractivity contribution in [3.63, 3.8) is 0 Å². The van der Waals surface area contributed by atoms with Gasteiger partial charge in [-0.2, -0.15) is 0 Å². The third-order valence-corrected chi connectivity index (χ3v) is 2.55. The van der Waals surface area contributed by atoms with Crippen molar-refractivity contribution in [3.8, 4) is 0 Å². The molecule has 0 radical (unpaired) electrons. The highest BCUT2D eigenvalue weighted by Gasteiger charge is 2.00. The number of rotatable bonds is 3. The van der Waals surface area contributed by atoms with Crippen LogP contribution in [0, 0.1) is 6.92 Å². The Bertz CT molecular complexity index is 383. The second-order valence-electron chi connectivity index (χ2n) is 3.18. The number of thiazole rings is 1. The zero-order valence-corrected chi connectivity index (χ0v) is 11.7. The maximum atomic E-state index is 4.43. The molecule has 0 spiro atoms. The van der Waals surface area contributed by atoms with Crippen molar-refractivity contribution < 1.29 is 0 Å². The van der Waals surface area contributed by atoms with Crippen LogP contribution in [0.15, 0.2) is 35.8 Å². The summed E-state index contributed by atoms with van der Waals surface area (Å²) in [5.41, 5.74) is 3.25. The van der Waals surface area contributed by atoms with E-state index in [1.807, 2.05) is 40.7 Å². The van der Waals surface area contributed by atoms with Crippen molar-refractivity contribution >= 4 is 16.9 Å². The summed E-state index contributed by atoms with van der Waals surface area (Å²) in [5, 5.41) is 3.18. The number of nitrogens with zero attached hydrogens (tertiary/aromatic N) is 1. The van der Waals surface area contributed by atoms with Crippen LogP contribution < -0.4 is 0 Å². The van der Waals surface area contributed by atoms with Gasteiger partial charge in [0.05, 0.1) is 10.7 Å². The van der Waals surface area contributed by atoms with Gasteiger partial charge in [0.2, 0.25) is 0 Å². The van der Waals surface area contributed by atoms with Gasteiger partial charge in [-0.05, 0) is 26.3 Å². The molecule has 0 saturated carbocycles. The summed E-state index contributed by atoms with van der Waals surface area (Å²) >= 11 is 1.67. The van der Waals surface area contributed by atoms with Crippen LogP contribution in [0.5, 0.6) is 0 Å². The first-order chi connectivity index (χ1) is 7.63. The van der Waals surface area contributed by atoms with Gasteiger partial charge in [0.25, 0.3) is 0 Å². The minimum atomic E-state index is 1.05. The predicted molar refractivity (Wildman–Crippen MR) is 75.8 cm³/mol. The standard InChI is InChI=1S/C12H15NS.C2H6/c1-5-11(7-6-9(2)3)12-8-14-10(4)13-12;1-2/h5-8H,2H2,1,3-4H3;1-2H3/b7-6-,11-5+;. The average Bonchev–Trinajstić information content (AvgIpc) is 2.68. The smallest absolute Gasteiger partial charge is 0.0901 e. The summed E-state index contributed by atoms with van der Waals surface area (Å²) in [4.78, 5) is 4.43. The maximum absolute atomic E-state index is 4.43. The van der Waals surface area contributed by atoms with Crippen molar-refractivity contribution in [1.82, 2.24) is 4.98 Å². The molecule has 1 aromatic rings. The summed E-state index contributed by atoms with van der Waals surface area (Å²) in [6, 6.07) is 0. The van der Waals surface area contributed by atoms with Gasteiger partial charge >= 0.3 is 0 Å². The molecular formula is C14H21NS. The molecule has 0 saturated heterocycles. The molecule has 0 amide bonds. The quantitative estimate of drug-likeness (QED) is 0.671. The molecule has 1 rings (SSSR count). The van der Waals surface area contributed by atoms with Gasteiger partial charge in [-0.15, -0.1) is 11.3 Å². The fraction of sp³-hybridized carbons (Fsp3) is 0.357. The number of aryl methyl sites for hydroxylation is 1. The van der Waals surface area contributed by atoms with E-state index in [1.54, 1.807) is 11.3 Å². The van der Waals surface area contributed by atoms with Crippen LogP contribution in [0.2, 0.25) is 0 Å². The molecule has 16 heavy (non-hydrogen) atoms. The van der Waals surface area contributed by atoms with Crippen LogP contribution in [-0.2, 0) is 0 Å². The molecule has 0 fully saturated rings. The highest BCUT2D eigenvalue weighted by Crippen LogP contribution is 2.18. The lowest BCUT2D eigenvalue weighted by Crippen LogP contribution is -1.80. The van der Waals surface area contributed by atoms with Gasteiger partial charge in [0.15, 0.2) is 0 Å². The third-order valence-electron chi connectivity index (χ3n) is 1.77. The predicted octanol–water partition coefficient (Wildman–Crippen LogP) is 5.01. The largest absolute Gasteiger partial charge is 0.242 e. The lowest BCUT2D eigenvalue weighted by molar-refractivity contribution is 1.26. The minimum Gasteiger partial charge on any atom is -0.242 e. The molecular weight excluding hydrogens is 214 g/mol. The van der Waals surface area contributed by atoms with Gasteiger partial charge in [-0.3, -0.25) is 0 Å². The van der Waals surface area contributed by atoms with E-state index in [1.165, 1.54) is 0 Å². The zero-order valence-electron chi connectivity index (χ0n) is 10.9. The Morgan fingerprint density at radius 3 is 2.38 bits per heavy atom. The zero-order chi connectivity index (χ0) is 12.6. The maximum Gasteiger partial charge on any atom is 0.0901 e. The fourth-order valence-electron chi connectivity index (χ4n) is 1.06. The van der Waals surface area contributed by atoms with E-state index in [2.05, 4.69) is 29.1 Å². The molecule has 0 aromatic carbocycles. The number of hydrogen-bond donors (Lipinski definition) is 0. The molecule has 88 valence electrons. The first-order valence-electron chi connectivity index (χ1n) is 5.56. The first kappa shape index (κ1) is 14.8. The van der Waals surface area contributed by atoms with Crippen LogP contribution in [0.25, 0.3) is 5.57 Å². The minimum absolute atomic E-state index is 1.05.